The molecule has 8 nitrogen and oxygen atoms in total. The zero-order valence-electron chi connectivity index (χ0n) is 13.5. The standard InChI is InChI=1S/C16H17N2O6P/c1-16(2,23-24-25(19,20)21)11-8-14-13(9-12(11)17)18-15(22-14)10-6-4-3-5-7-10/h3-9H,17H2,1-2H3,(H2,19,20,21). The zero-order chi connectivity index (χ0) is 18.2. The zero-order valence-corrected chi connectivity index (χ0v) is 14.4. The quantitative estimate of drug-likeness (QED) is 0.272. The topological polar surface area (TPSA) is 128 Å². The van der Waals surface area contributed by atoms with E-state index in [4.69, 9.17) is 24.8 Å². The van der Waals surface area contributed by atoms with E-state index in [9.17, 15) is 4.57 Å². The van der Waals surface area contributed by atoms with Gasteiger partial charge in [0.25, 0.3) is 0 Å². The lowest BCUT2D eigenvalue weighted by atomic mass is 9.96. The number of fused-ring (bicyclic) bond motifs is 1. The van der Waals surface area contributed by atoms with E-state index in [1.807, 2.05) is 30.3 Å². The summed E-state index contributed by atoms with van der Waals surface area (Å²) in [7, 11) is -4.78. The number of hydrogen-bond donors (Lipinski definition) is 3. The molecular formula is C16H17N2O6P. The monoisotopic (exact) mass is 364 g/mol. The average Bonchev–Trinajstić information content (AvgIpc) is 2.95. The summed E-state index contributed by atoms with van der Waals surface area (Å²) < 4.78 is 20.8. The van der Waals surface area contributed by atoms with Gasteiger partial charge in [0.2, 0.25) is 5.89 Å². The molecule has 3 aromatic rings. The van der Waals surface area contributed by atoms with Gasteiger partial charge in [-0.25, -0.2) is 14.4 Å². The van der Waals surface area contributed by atoms with E-state index >= 15 is 0 Å². The minimum Gasteiger partial charge on any atom is -0.436 e. The van der Waals surface area contributed by atoms with E-state index < -0.39 is 13.4 Å². The summed E-state index contributed by atoms with van der Waals surface area (Å²) in [6.45, 7) is 3.13. The molecule has 0 amide bonds. The van der Waals surface area contributed by atoms with Crippen LogP contribution >= 0.6 is 7.82 Å². The number of nitrogens with zero attached hydrogens (tertiary/aromatic N) is 1. The van der Waals surface area contributed by atoms with Crippen LogP contribution in [0.25, 0.3) is 22.6 Å². The van der Waals surface area contributed by atoms with Crippen LogP contribution in [0.3, 0.4) is 0 Å². The largest absolute Gasteiger partial charge is 0.496 e. The first-order chi connectivity index (χ1) is 11.7. The van der Waals surface area contributed by atoms with Crippen LogP contribution in [0.4, 0.5) is 5.69 Å². The van der Waals surface area contributed by atoms with Gasteiger partial charge in [0.1, 0.15) is 11.1 Å². The third-order valence-electron chi connectivity index (χ3n) is 3.57. The summed E-state index contributed by atoms with van der Waals surface area (Å²) in [5.74, 6) is 0.442. The van der Waals surface area contributed by atoms with E-state index in [0.717, 1.165) is 5.56 Å². The van der Waals surface area contributed by atoms with Crippen LogP contribution in [0.2, 0.25) is 0 Å². The maximum absolute atomic E-state index is 10.9. The second kappa shape index (κ2) is 6.25. The maximum Gasteiger partial charge on any atom is 0.496 e. The molecular weight excluding hydrogens is 347 g/mol. The van der Waals surface area contributed by atoms with Gasteiger partial charge in [-0.15, -0.1) is 4.67 Å². The van der Waals surface area contributed by atoms with Crippen LogP contribution in [0.1, 0.15) is 19.4 Å². The fourth-order valence-corrected chi connectivity index (χ4v) is 2.69. The predicted octanol–water partition coefficient (Wildman–Crippen LogP) is 3.35. The van der Waals surface area contributed by atoms with Gasteiger partial charge in [0.15, 0.2) is 5.58 Å². The summed E-state index contributed by atoms with van der Waals surface area (Å²) in [4.78, 5) is 26.9. The Hall–Kier alpha value is -2.22. The molecule has 4 N–H and O–H groups in total. The molecule has 0 saturated carbocycles. The first-order valence-corrected chi connectivity index (χ1v) is 8.88. The van der Waals surface area contributed by atoms with Crippen molar-refractivity contribution in [2.45, 2.75) is 19.4 Å². The van der Waals surface area contributed by atoms with E-state index in [1.54, 1.807) is 26.0 Å². The van der Waals surface area contributed by atoms with Crippen LogP contribution in [0, 0.1) is 0 Å². The number of benzene rings is 2. The summed E-state index contributed by atoms with van der Waals surface area (Å²) in [5.41, 5.74) is 7.46. The van der Waals surface area contributed by atoms with Crippen LogP contribution in [0.15, 0.2) is 46.9 Å². The average molecular weight is 364 g/mol. The number of phosphoric acid groups is 1. The van der Waals surface area contributed by atoms with Gasteiger partial charge in [-0.1, -0.05) is 18.2 Å². The van der Waals surface area contributed by atoms with Crippen molar-refractivity contribution in [3.63, 3.8) is 0 Å². The van der Waals surface area contributed by atoms with Crippen molar-refractivity contribution in [2.24, 2.45) is 0 Å². The van der Waals surface area contributed by atoms with Crippen LogP contribution in [0.5, 0.6) is 0 Å². The smallest absolute Gasteiger partial charge is 0.436 e. The Morgan fingerprint density at radius 3 is 2.52 bits per heavy atom. The lowest BCUT2D eigenvalue weighted by Crippen LogP contribution is -2.23. The third-order valence-corrected chi connectivity index (χ3v) is 3.84. The number of hydrogen-bond acceptors (Lipinski definition) is 6. The Kier molecular flexibility index (Phi) is 4.40. The number of rotatable bonds is 5. The van der Waals surface area contributed by atoms with Crippen molar-refractivity contribution in [3.8, 4) is 11.5 Å². The molecule has 0 spiro atoms. The van der Waals surface area contributed by atoms with E-state index in [-0.39, 0.29) is 0 Å². The molecule has 132 valence electrons. The molecule has 0 aliphatic heterocycles. The van der Waals surface area contributed by atoms with Crippen molar-refractivity contribution in [1.29, 1.82) is 0 Å². The molecule has 0 atom stereocenters. The van der Waals surface area contributed by atoms with Crippen molar-refractivity contribution < 1.29 is 28.3 Å². The number of nitrogens with two attached hydrogens (primary N) is 1. The Morgan fingerprint density at radius 1 is 1.20 bits per heavy atom. The van der Waals surface area contributed by atoms with Crippen molar-refractivity contribution in [2.75, 3.05) is 5.73 Å². The highest BCUT2D eigenvalue weighted by Crippen LogP contribution is 2.41. The fraction of sp³-hybridized carbons (Fsp3) is 0.188. The minimum absolute atomic E-state index is 0.333. The van der Waals surface area contributed by atoms with Gasteiger partial charge >= 0.3 is 7.82 Å². The van der Waals surface area contributed by atoms with Crippen LogP contribution in [-0.2, 0) is 19.7 Å². The van der Waals surface area contributed by atoms with Gasteiger partial charge in [-0.3, -0.25) is 0 Å². The predicted molar refractivity (Wildman–Crippen MR) is 91.1 cm³/mol. The summed E-state index contributed by atoms with van der Waals surface area (Å²) in [5, 5.41) is 0. The van der Waals surface area contributed by atoms with E-state index in [1.165, 1.54) is 0 Å². The molecule has 9 heteroatoms. The minimum atomic E-state index is -4.78. The highest BCUT2D eigenvalue weighted by Gasteiger charge is 2.30. The highest BCUT2D eigenvalue weighted by molar-refractivity contribution is 7.46. The highest BCUT2D eigenvalue weighted by atomic mass is 31.2. The van der Waals surface area contributed by atoms with Gasteiger partial charge in [-0.2, -0.15) is 0 Å². The second-order valence-corrected chi connectivity index (χ2v) is 7.08. The Morgan fingerprint density at radius 2 is 1.88 bits per heavy atom. The van der Waals surface area contributed by atoms with Gasteiger partial charge in [0.05, 0.1) is 0 Å². The van der Waals surface area contributed by atoms with E-state index in [0.29, 0.717) is 28.2 Å². The summed E-state index contributed by atoms with van der Waals surface area (Å²) in [6, 6.07) is 12.6. The molecule has 0 aliphatic carbocycles. The SMILES string of the molecule is CC(C)(OOP(=O)(O)O)c1cc2oc(-c3ccccc3)nc2cc1N. The molecule has 1 heterocycles. The molecule has 1 aromatic heterocycles. The van der Waals surface area contributed by atoms with Crippen LogP contribution in [-0.4, -0.2) is 14.8 Å². The molecule has 0 unspecified atom stereocenters. The van der Waals surface area contributed by atoms with Gasteiger partial charge in [0, 0.05) is 16.8 Å². The fourth-order valence-electron chi connectivity index (χ4n) is 2.40. The molecule has 0 saturated heterocycles. The molecule has 2 aromatic carbocycles. The van der Waals surface area contributed by atoms with Crippen molar-refractivity contribution in [3.05, 3.63) is 48.0 Å². The normalized spacial score (nSPS) is 12.6. The third kappa shape index (κ3) is 3.89. The molecule has 0 radical (unpaired) electrons. The Balaban J connectivity index is 2.00. The van der Waals surface area contributed by atoms with Gasteiger partial charge in [-0.05, 0) is 38.1 Å². The van der Waals surface area contributed by atoms with Gasteiger partial charge < -0.3 is 19.9 Å². The Labute approximate surface area is 143 Å². The first kappa shape index (κ1) is 17.6. The number of anilines is 1. The second-order valence-electron chi connectivity index (χ2n) is 5.95. The molecule has 0 aliphatic rings. The molecule has 0 fully saturated rings. The van der Waals surface area contributed by atoms with Crippen molar-refractivity contribution >= 4 is 24.6 Å². The number of oxazole rings is 1. The molecule has 25 heavy (non-hydrogen) atoms. The molecule has 3 rings (SSSR count). The summed E-state index contributed by atoms with van der Waals surface area (Å²) in [6.07, 6.45) is 0. The lowest BCUT2D eigenvalue weighted by molar-refractivity contribution is -0.297. The van der Waals surface area contributed by atoms with E-state index in [2.05, 4.69) is 9.66 Å². The number of nitrogen functional groups attached to an aromatic ring is 1. The molecule has 0 bridgehead atoms. The van der Waals surface area contributed by atoms with Crippen molar-refractivity contribution in [1.82, 2.24) is 4.98 Å². The van der Waals surface area contributed by atoms with Crippen LogP contribution < -0.4 is 5.73 Å². The first-order valence-electron chi connectivity index (χ1n) is 7.35. The lowest BCUT2D eigenvalue weighted by Gasteiger charge is -2.25. The number of aromatic nitrogens is 1. The Bertz CT molecular complexity index is 948. The summed E-state index contributed by atoms with van der Waals surface area (Å²) >= 11 is 0. The maximum atomic E-state index is 10.9.